The number of alkyl halides is 1. The van der Waals surface area contributed by atoms with E-state index in [4.69, 9.17) is 9.47 Å². The van der Waals surface area contributed by atoms with Gasteiger partial charge in [0.1, 0.15) is 5.82 Å². The van der Waals surface area contributed by atoms with Crippen LogP contribution in [-0.4, -0.2) is 25.2 Å². The fourth-order valence-corrected chi connectivity index (χ4v) is 4.39. The van der Waals surface area contributed by atoms with E-state index >= 15 is 4.39 Å². The minimum absolute atomic E-state index is 0.332. The number of ether oxygens (including phenoxy) is 2. The summed E-state index contributed by atoms with van der Waals surface area (Å²) in [6.07, 6.45) is 11.6. The molecular weight excluding hydrogens is 370 g/mol. The van der Waals surface area contributed by atoms with Crippen LogP contribution in [0.1, 0.15) is 64.4 Å². The lowest BCUT2D eigenvalue weighted by atomic mass is 9.80. The van der Waals surface area contributed by atoms with Crippen molar-refractivity contribution in [2.24, 2.45) is 11.8 Å². The molecule has 160 valence electrons. The average molecular weight is 405 g/mol. The Kier molecular flexibility index (Phi) is 8.02. The quantitative estimate of drug-likeness (QED) is 0.418. The SMILES string of the molecule is CCCOC1(OCC2CCC(CCC)CC2)C=CC(c2cccc(F)c2)=CC1F. The summed E-state index contributed by atoms with van der Waals surface area (Å²) in [7, 11) is 0. The van der Waals surface area contributed by atoms with Crippen molar-refractivity contribution in [3.05, 3.63) is 53.9 Å². The topological polar surface area (TPSA) is 18.5 Å². The molecule has 1 aromatic rings. The van der Waals surface area contributed by atoms with E-state index in [-0.39, 0.29) is 5.82 Å². The van der Waals surface area contributed by atoms with E-state index in [0.717, 1.165) is 25.2 Å². The van der Waals surface area contributed by atoms with Gasteiger partial charge in [-0.2, -0.15) is 0 Å². The van der Waals surface area contributed by atoms with Gasteiger partial charge in [0.2, 0.25) is 5.79 Å². The summed E-state index contributed by atoms with van der Waals surface area (Å²) in [6, 6.07) is 6.21. The van der Waals surface area contributed by atoms with Gasteiger partial charge in [0, 0.05) is 0 Å². The molecule has 0 saturated heterocycles. The van der Waals surface area contributed by atoms with Gasteiger partial charge in [-0.15, -0.1) is 0 Å². The first-order chi connectivity index (χ1) is 14.1. The van der Waals surface area contributed by atoms with Crippen LogP contribution in [0.2, 0.25) is 0 Å². The van der Waals surface area contributed by atoms with Crippen molar-refractivity contribution in [2.45, 2.75) is 70.8 Å². The summed E-state index contributed by atoms with van der Waals surface area (Å²) in [6.45, 7) is 5.18. The number of hydrogen-bond donors (Lipinski definition) is 0. The van der Waals surface area contributed by atoms with Crippen LogP contribution in [0.5, 0.6) is 0 Å². The highest BCUT2D eigenvalue weighted by Crippen LogP contribution is 2.36. The molecule has 3 rings (SSSR count). The molecule has 1 fully saturated rings. The highest BCUT2D eigenvalue weighted by molar-refractivity contribution is 5.76. The van der Waals surface area contributed by atoms with Crippen molar-refractivity contribution in [3.8, 4) is 0 Å². The van der Waals surface area contributed by atoms with E-state index in [1.807, 2.05) is 6.92 Å². The molecule has 0 amide bonds. The minimum atomic E-state index is -1.44. The highest BCUT2D eigenvalue weighted by atomic mass is 19.1. The monoisotopic (exact) mass is 404 g/mol. The molecule has 0 radical (unpaired) electrons. The predicted molar refractivity (Wildman–Crippen MR) is 114 cm³/mol. The van der Waals surface area contributed by atoms with Crippen LogP contribution in [0, 0.1) is 17.7 Å². The zero-order valence-corrected chi connectivity index (χ0v) is 17.7. The molecule has 0 spiro atoms. The van der Waals surface area contributed by atoms with E-state index < -0.39 is 12.0 Å². The molecule has 0 heterocycles. The molecule has 2 aliphatic carbocycles. The third-order valence-electron chi connectivity index (χ3n) is 6.10. The Morgan fingerprint density at radius 3 is 2.45 bits per heavy atom. The largest absolute Gasteiger partial charge is 0.344 e. The van der Waals surface area contributed by atoms with Gasteiger partial charge in [-0.3, -0.25) is 0 Å². The van der Waals surface area contributed by atoms with Crippen molar-refractivity contribution >= 4 is 5.57 Å². The lowest BCUT2D eigenvalue weighted by Gasteiger charge is -2.37. The van der Waals surface area contributed by atoms with Gasteiger partial charge in [-0.05, 0) is 66.5 Å². The van der Waals surface area contributed by atoms with Gasteiger partial charge in [-0.25, -0.2) is 8.78 Å². The third-order valence-corrected chi connectivity index (χ3v) is 6.10. The zero-order valence-electron chi connectivity index (χ0n) is 17.7. The second-order valence-corrected chi connectivity index (χ2v) is 8.42. The maximum atomic E-state index is 15.3. The Labute approximate surface area is 174 Å². The van der Waals surface area contributed by atoms with E-state index in [1.165, 1.54) is 43.9 Å². The van der Waals surface area contributed by atoms with Gasteiger partial charge >= 0.3 is 0 Å². The third kappa shape index (κ3) is 5.76. The molecule has 4 heteroatoms. The van der Waals surface area contributed by atoms with Gasteiger partial charge in [0.05, 0.1) is 13.2 Å². The maximum absolute atomic E-state index is 15.3. The Morgan fingerprint density at radius 1 is 1.03 bits per heavy atom. The Hall–Kier alpha value is -1.52. The number of rotatable bonds is 9. The number of halogens is 2. The lowest BCUT2D eigenvalue weighted by molar-refractivity contribution is -0.235. The minimum Gasteiger partial charge on any atom is -0.344 e. The molecule has 2 aliphatic rings. The van der Waals surface area contributed by atoms with Gasteiger partial charge in [-0.1, -0.05) is 57.7 Å². The van der Waals surface area contributed by atoms with Crippen molar-refractivity contribution in [1.29, 1.82) is 0 Å². The van der Waals surface area contributed by atoms with Crippen LogP contribution < -0.4 is 0 Å². The van der Waals surface area contributed by atoms with E-state index in [0.29, 0.717) is 30.3 Å². The normalized spacial score (nSPS) is 29.7. The number of benzene rings is 1. The first kappa shape index (κ1) is 22.2. The van der Waals surface area contributed by atoms with Gasteiger partial charge in [0.25, 0.3) is 0 Å². The van der Waals surface area contributed by atoms with E-state index in [2.05, 4.69) is 6.92 Å². The van der Waals surface area contributed by atoms with Crippen LogP contribution in [-0.2, 0) is 9.47 Å². The summed E-state index contributed by atoms with van der Waals surface area (Å²) >= 11 is 0. The first-order valence-electron chi connectivity index (χ1n) is 11.1. The summed E-state index contributed by atoms with van der Waals surface area (Å²) in [5.41, 5.74) is 1.30. The Morgan fingerprint density at radius 2 is 1.79 bits per heavy atom. The summed E-state index contributed by atoms with van der Waals surface area (Å²) in [5, 5.41) is 0. The summed E-state index contributed by atoms with van der Waals surface area (Å²) < 4.78 is 40.9. The standard InChI is InChI=1S/C25H34F2O2/c1-3-6-19-9-11-20(12-10-19)18-29-25(28-15-4-2)14-13-22(17-24(25)27)21-7-5-8-23(26)16-21/h5,7-8,13-14,16-17,19-20,24H,3-4,6,9-12,15,18H2,1-2H3. The molecule has 0 aromatic heterocycles. The Bertz CT molecular complexity index is 707. The van der Waals surface area contributed by atoms with Crippen LogP contribution in [0.3, 0.4) is 0 Å². The van der Waals surface area contributed by atoms with E-state index in [9.17, 15) is 4.39 Å². The zero-order chi connectivity index (χ0) is 20.7. The van der Waals surface area contributed by atoms with Crippen molar-refractivity contribution < 1.29 is 18.3 Å². The lowest BCUT2D eigenvalue weighted by Crippen LogP contribution is -2.45. The molecule has 0 bridgehead atoms. The molecule has 1 saturated carbocycles. The smallest absolute Gasteiger partial charge is 0.224 e. The van der Waals surface area contributed by atoms with Crippen LogP contribution in [0.4, 0.5) is 8.78 Å². The number of hydrogen-bond acceptors (Lipinski definition) is 2. The molecule has 2 unspecified atom stereocenters. The van der Waals surface area contributed by atoms with E-state index in [1.54, 1.807) is 24.3 Å². The fraction of sp³-hybridized carbons (Fsp3) is 0.600. The van der Waals surface area contributed by atoms with Gasteiger partial charge in [0.15, 0.2) is 6.17 Å². The molecule has 0 N–H and O–H groups in total. The highest BCUT2D eigenvalue weighted by Gasteiger charge is 2.41. The van der Waals surface area contributed by atoms with Gasteiger partial charge < -0.3 is 9.47 Å². The summed E-state index contributed by atoms with van der Waals surface area (Å²) in [5.74, 6) is -0.421. The van der Waals surface area contributed by atoms with Crippen molar-refractivity contribution in [3.63, 3.8) is 0 Å². The van der Waals surface area contributed by atoms with Crippen LogP contribution >= 0.6 is 0 Å². The first-order valence-corrected chi connectivity index (χ1v) is 11.1. The fourth-order valence-electron chi connectivity index (χ4n) is 4.39. The Balaban J connectivity index is 1.65. The molecule has 29 heavy (non-hydrogen) atoms. The maximum Gasteiger partial charge on any atom is 0.224 e. The molecule has 2 nitrogen and oxygen atoms in total. The predicted octanol–water partition coefficient (Wildman–Crippen LogP) is 6.86. The molecule has 2 atom stereocenters. The van der Waals surface area contributed by atoms with Crippen molar-refractivity contribution in [1.82, 2.24) is 0 Å². The molecule has 0 aliphatic heterocycles. The molecular formula is C25H34F2O2. The number of allylic oxidation sites excluding steroid dienone is 2. The second kappa shape index (κ2) is 10.5. The van der Waals surface area contributed by atoms with Crippen LogP contribution in [0.25, 0.3) is 5.57 Å². The van der Waals surface area contributed by atoms with Crippen molar-refractivity contribution in [2.75, 3.05) is 13.2 Å². The molecule has 1 aromatic carbocycles. The van der Waals surface area contributed by atoms with Crippen LogP contribution in [0.15, 0.2) is 42.5 Å². The average Bonchev–Trinajstić information content (AvgIpc) is 2.73. The second-order valence-electron chi connectivity index (χ2n) is 8.42. The summed E-state index contributed by atoms with van der Waals surface area (Å²) in [4.78, 5) is 0.